The summed E-state index contributed by atoms with van der Waals surface area (Å²) in [6.45, 7) is 5.79. The van der Waals surface area contributed by atoms with Gasteiger partial charge in [0.05, 0.1) is 6.04 Å². The molecule has 0 rings (SSSR count). The maximum atomic E-state index is 12.0. The summed E-state index contributed by atoms with van der Waals surface area (Å²) in [5, 5.41) is 10.7. The van der Waals surface area contributed by atoms with Gasteiger partial charge in [-0.3, -0.25) is 0 Å². The Morgan fingerprint density at radius 1 is 1.31 bits per heavy atom. The third-order valence-corrected chi connectivity index (χ3v) is 1.55. The number of hydrogen-bond donors (Lipinski definition) is 2. The number of ether oxygens (including phenoxy) is 1. The lowest BCUT2D eigenvalue weighted by Crippen LogP contribution is -2.49. The summed E-state index contributed by atoms with van der Waals surface area (Å²) in [5.74, 6) is 0. The molecule has 0 aliphatic rings. The van der Waals surface area contributed by atoms with E-state index in [1.165, 1.54) is 0 Å². The molecule has 0 saturated carbocycles. The van der Waals surface area contributed by atoms with Gasteiger partial charge < -0.3 is 15.2 Å². The van der Waals surface area contributed by atoms with Crippen LogP contribution in [0.25, 0.3) is 0 Å². The van der Waals surface area contributed by atoms with Crippen molar-refractivity contribution >= 4 is 6.09 Å². The fourth-order valence-electron chi connectivity index (χ4n) is 0.856. The maximum Gasteiger partial charge on any atom is 0.416 e. The summed E-state index contributed by atoms with van der Waals surface area (Å²) >= 11 is 0. The monoisotopic (exact) mass is 243 g/mol. The van der Waals surface area contributed by atoms with Crippen molar-refractivity contribution in [2.75, 3.05) is 0 Å². The topological polar surface area (TPSA) is 58.6 Å². The number of nitrogens with one attached hydrogen (secondary N) is 1. The predicted molar refractivity (Wildman–Crippen MR) is 50.9 cm³/mol. The van der Waals surface area contributed by atoms with E-state index in [9.17, 15) is 18.0 Å². The average molecular weight is 243 g/mol. The molecule has 0 heterocycles. The lowest BCUT2D eigenvalue weighted by Gasteiger charge is -2.25. The second kappa shape index (κ2) is 4.90. The minimum atomic E-state index is -4.77. The van der Waals surface area contributed by atoms with Crippen LogP contribution in [-0.2, 0) is 4.74 Å². The Morgan fingerprint density at radius 3 is 2.06 bits per heavy atom. The molecule has 0 aliphatic heterocycles. The fraction of sp³-hybridized carbons (Fsp3) is 0.889. The summed E-state index contributed by atoms with van der Waals surface area (Å²) in [4.78, 5) is 11.1. The van der Waals surface area contributed by atoms with Crippen LogP contribution in [0.1, 0.15) is 27.7 Å². The lowest BCUT2D eigenvalue weighted by molar-refractivity contribution is -0.210. The van der Waals surface area contributed by atoms with Crippen molar-refractivity contribution < 1.29 is 27.8 Å². The van der Waals surface area contributed by atoms with E-state index in [0.717, 1.165) is 6.92 Å². The van der Waals surface area contributed by atoms with E-state index >= 15 is 0 Å². The minimum Gasteiger partial charge on any atom is -0.444 e. The third-order valence-electron chi connectivity index (χ3n) is 1.55. The number of alkyl carbamates (subject to hydrolysis) is 1. The highest BCUT2D eigenvalue weighted by molar-refractivity contribution is 5.68. The van der Waals surface area contributed by atoms with Crippen molar-refractivity contribution in [2.45, 2.75) is 51.6 Å². The molecule has 7 heteroatoms. The number of amides is 1. The SMILES string of the molecule is CC(NC(=O)OC(C)(C)C)C(O)C(F)(F)F. The summed E-state index contributed by atoms with van der Waals surface area (Å²) < 4.78 is 40.9. The smallest absolute Gasteiger partial charge is 0.416 e. The maximum absolute atomic E-state index is 12.0. The van der Waals surface area contributed by atoms with E-state index in [4.69, 9.17) is 9.84 Å². The van der Waals surface area contributed by atoms with Crippen LogP contribution in [-0.4, -0.2) is 35.1 Å². The molecule has 2 atom stereocenters. The zero-order valence-corrected chi connectivity index (χ0v) is 9.55. The quantitative estimate of drug-likeness (QED) is 0.777. The van der Waals surface area contributed by atoms with E-state index in [2.05, 4.69) is 0 Å². The van der Waals surface area contributed by atoms with Crippen LogP contribution >= 0.6 is 0 Å². The van der Waals surface area contributed by atoms with Gasteiger partial charge in [-0.25, -0.2) is 4.79 Å². The van der Waals surface area contributed by atoms with Gasteiger partial charge in [-0.1, -0.05) is 0 Å². The molecular formula is C9H16F3NO3. The Balaban J connectivity index is 4.26. The molecule has 0 bridgehead atoms. The van der Waals surface area contributed by atoms with E-state index < -0.39 is 30.0 Å². The minimum absolute atomic E-state index is 0.799. The first-order chi connectivity index (χ1) is 6.93. The summed E-state index contributed by atoms with van der Waals surface area (Å²) in [6, 6.07) is -1.46. The van der Waals surface area contributed by atoms with E-state index in [-0.39, 0.29) is 0 Å². The molecule has 0 aromatic heterocycles. The highest BCUT2D eigenvalue weighted by Gasteiger charge is 2.42. The Kier molecular flexibility index (Phi) is 4.60. The van der Waals surface area contributed by atoms with Gasteiger partial charge in [0.25, 0.3) is 0 Å². The normalized spacial score (nSPS) is 16.5. The molecule has 0 aromatic carbocycles. The summed E-state index contributed by atoms with van der Waals surface area (Å²) in [7, 11) is 0. The summed E-state index contributed by atoms with van der Waals surface area (Å²) in [6.07, 6.45) is -8.38. The highest BCUT2D eigenvalue weighted by Crippen LogP contribution is 2.22. The molecular weight excluding hydrogens is 227 g/mol. The van der Waals surface area contributed by atoms with Gasteiger partial charge in [0, 0.05) is 0 Å². The molecule has 96 valence electrons. The molecule has 2 N–H and O–H groups in total. The van der Waals surface area contributed by atoms with Gasteiger partial charge in [-0.2, -0.15) is 13.2 Å². The zero-order chi connectivity index (χ0) is 13.1. The Bertz CT molecular complexity index is 247. The first kappa shape index (κ1) is 15.0. The second-order valence-corrected chi connectivity index (χ2v) is 4.42. The third kappa shape index (κ3) is 5.79. The first-order valence-corrected chi connectivity index (χ1v) is 4.68. The molecule has 0 aliphatic carbocycles. The van der Waals surface area contributed by atoms with Crippen molar-refractivity contribution in [1.29, 1.82) is 0 Å². The van der Waals surface area contributed by atoms with Crippen LogP contribution in [0.3, 0.4) is 0 Å². The standard InChI is InChI=1S/C9H16F3NO3/c1-5(6(14)9(10,11)12)13-7(15)16-8(2,3)4/h5-6,14H,1-4H3,(H,13,15). The van der Waals surface area contributed by atoms with Crippen molar-refractivity contribution in [3.8, 4) is 0 Å². The van der Waals surface area contributed by atoms with Gasteiger partial charge in [0.15, 0.2) is 6.10 Å². The Morgan fingerprint density at radius 2 is 1.75 bits per heavy atom. The fourth-order valence-corrected chi connectivity index (χ4v) is 0.856. The molecule has 16 heavy (non-hydrogen) atoms. The van der Waals surface area contributed by atoms with Crippen LogP contribution < -0.4 is 5.32 Å². The van der Waals surface area contributed by atoms with Gasteiger partial charge in [0.1, 0.15) is 5.60 Å². The Labute approximate surface area is 91.8 Å². The number of carbonyl (C=O) groups is 1. The largest absolute Gasteiger partial charge is 0.444 e. The number of aliphatic hydroxyl groups is 1. The lowest BCUT2D eigenvalue weighted by atomic mass is 10.2. The molecule has 0 radical (unpaired) electrons. The van der Waals surface area contributed by atoms with Crippen LogP contribution in [0.15, 0.2) is 0 Å². The van der Waals surface area contributed by atoms with Crippen molar-refractivity contribution in [2.24, 2.45) is 0 Å². The van der Waals surface area contributed by atoms with E-state index in [0.29, 0.717) is 0 Å². The molecule has 2 unspecified atom stereocenters. The van der Waals surface area contributed by atoms with E-state index in [1.54, 1.807) is 20.8 Å². The first-order valence-electron chi connectivity index (χ1n) is 4.68. The van der Waals surface area contributed by atoms with Crippen molar-refractivity contribution in [3.63, 3.8) is 0 Å². The number of halogens is 3. The molecule has 0 fully saturated rings. The number of rotatable bonds is 2. The summed E-state index contributed by atoms with van der Waals surface area (Å²) in [5.41, 5.74) is -0.799. The van der Waals surface area contributed by atoms with Crippen molar-refractivity contribution in [1.82, 2.24) is 5.32 Å². The second-order valence-electron chi connectivity index (χ2n) is 4.42. The predicted octanol–water partition coefficient (Wildman–Crippen LogP) is 1.82. The average Bonchev–Trinajstić information content (AvgIpc) is 1.96. The van der Waals surface area contributed by atoms with Crippen LogP contribution in [0.5, 0.6) is 0 Å². The van der Waals surface area contributed by atoms with Crippen LogP contribution in [0, 0.1) is 0 Å². The number of hydrogen-bond acceptors (Lipinski definition) is 3. The van der Waals surface area contributed by atoms with Gasteiger partial charge in [-0.15, -0.1) is 0 Å². The molecule has 0 saturated heterocycles. The number of alkyl halides is 3. The van der Waals surface area contributed by atoms with Crippen LogP contribution in [0.4, 0.5) is 18.0 Å². The van der Waals surface area contributed by atoms with Gasteiger partial charge in [-0.05, 0) is 27.7 Å². The van der Waals surface area contributed by atoms with Crippen molar-refractivity contribution in [3.05, 3.63) is 0 Å². The number of carbonyl (C=O) groups excluding carboxylic acids is 1. The van der Waals surface area contributed by atoms with Gasteiger partial charge in [0.2, 0.25) is 0 Å². The molecule has 0 spiro atoms. The molecule has 4 nitrogen and oxygen atoms in total. The van der Waals surface area contributed by atoms with Crippen LogP contribution in [0.2, 0.25) is 0 Å². The Hall–Kier alpha value is -0.980. The molecule has 0 aromatic rings. The molecule has 1 amide bonds. The van der Waals surface area contributed by atoms with Gasteiger partial charge >= 0.3 is 12.3 Å². The number of aliphatic hydroxyl groups excluding tert-OH is 1. The van der Waals surface area contributed by atoms with E-state index in [1.807, 2.05) is 5.32 Å². The highest BCUT2D eigenvalue weighted by atomic mass is 19.4. The zero-order valence-electron chi connectivity index (χ0n) is 9.55.